The highest BCUT2D eigenvalue weighted by molar-refractivity contribution is 8.00. The summed E-state index contributed by atoms with van der Waals surface area (Å²) >= 11 is 7.15. The van der Waals surface area contributed by atoms with E-state index in [1.807, 2.05) is 30.3 Å². The summed E-state index contributed by atoms with van der Waals surface area (Å²) in [5, 5.41) is 3.47. The van der Waals surface area contributed by atoms with Crippen molar-refractivity contribution in [3.05, 3.63) is 59.1 Å². The topological polar surface area (TPSA) is 72.2 Å². The molecule has 0 saturated heterocycles. The summed E-state index contributed by atoms with van der Waals surface area (Å²) in [7, 11) is 0. The van der Waals surface area contributed by atoms with Crippen LogP contribution in [0.5, 0.6) is 0 Å². The Morgan fingerprint density at radius 1 is 1.14 bits per heavy atom. The number of primary amides is 1. The largest absolute Gasteiger partial charge is 0.369 e. The van der Waals surface area contributed by atoms with Crippen molar-refractivity contribution < 1.29 is 9.59 Å². The van der Waals surface area contributed by atoms with Gasteiger partial charge in [-0.25, -0.2) is 0 Å². The predicted octanol–water partition coefficient (Wildman–Crippen LogP) is 3.10. The Balaban J connectivity index is 1.94. The molecule has 0 saturated carbocycles. The van der Waals surface area contributed by atoms with Gasteiger partial charge in [0.2, 0.25) is 11.8 Å². The molecule has 0 atom stereocenters. The molecule has 2 amide bonds. The van der Waals surface area contributed by atoms with E-state index >= 15 is 0 Å². The first-order valence-electron chi connectivity index (χ1n) is 6.58. The highest BCUT2D eigenvalue weighted by atomic mass is 35.5. The van der Waals surface area contributed by atoms with E-state index in [-0.39, 0.29) is 24.0 Å². The normalized spacial score (nSPS) is 10.2. The maximum Gasteiger partial charge on any atom is 0.228 e. The highest BCUT2D eigenvalue weighted by Gasteiger charge is 2.05. The van der Waals surface area contributed by atoms with Crippen molar-refractivity contribution in [2.24, 2.45) is 5.73 Å². The van der Waals surface area contributed by atoms with Crippen LogP contribution >= 0.6 is 23.4 Å². The number of rotatable bonds is 6. The molecule has 22 heavy (non-hydrogen) atoms. The third kappa shape index (κ3) is 5.42. The fourth-order valence-electron chi connectivity index (χ4n) is 1.81. The summed E-state index contributed by atoms with van der Waals surface area (Å²) in [5.41, 5.74) is 6.70. The number of carbonyl (C=O) groups is 2. The molecule has 0 unspecified atom stereocenters. The van der Waals surface area contributed by atoms with Gasteiger partial charge in [0.25, 0.3) is 0 Å². The zero-order valence-electron chi connectivity index (χ0n) is 11.7. The third-order valence-corrected chi connectivity index (χ3v) is 4.04. The van der Waals surface area contributed by atoms with E-state index in [1.54, 1.807) is 18.2 Å². The summed E-state index contributed by atoms with van der Waals surface area (Å²) in [4.78, 5) is 23.7. The predicted molar refractivity (Wildman–Crippen MR) is 90.1 cm³/mol. The van der Waals surface area contributed by atoms with Crippen molar-refractivity contribution >= 4 is 40.9 Å². The molecule has 0 radical (unpaired) electrons. The van der Waals surface area contributed by atoms with Crippen molar-refractivity contribution in [1.29, 1.82) is 0 Å². The van der Waals surface area contributed by atoms with Crippen molar-refractivity contribution in [3.63, 3.8) is 0 Å². The smallest absolute Gasteiger partial charge is 0.228 e. The van der Waals surface area contributed by atoms with E-state index in [4.69, 9.17) is 17.3 Å². The zero-order chi connectivity index (χ0) is 15.9. The van der Waals surface area contributed by atoms with E-state index < -0.39 is 0 Å². The van der Waals surface area contributed by atoms with E-state index in [9.17, 15) is 9.59 Å². The van der Waals surface area contributed by atoms with Gasteiger partial charge >= 0.3 is 0 Å². The van der Waals surface area contributed by atoms with Crippen LogP contribution < -0.4 is 11.1 Å². The molecular formula is C16H15ClN2O2S. The average Bonchev–Trinajstić information content (AvgIpc) is 2.48. The summed E-state index contributed by atoms with van der Waals surface area (Å²) in [5.74, 6) is -0.274. The molecule has 0 spiro atoms. The Labute approximate surface area is 138 Å². The number of thioether (sulfide) groups is 1. The second-order valence-corrected chi connectivity index (χ2v) is 6.12. The monoisotopic (exact) mass is 334 g/mol. The molecular weight excluding hydrogens is 320 g/mol. The van der Waals surface area contributed by atoms with Gasteiger partial charge in [0, 0.05) is 15.6 Å². The number of amides is 2. The van der Waals surface area contributed by atoms with Gasteiger partial charge in [-0.15, -0.1) is 11.8 Å². The van der Waals surface area contributed by atoms with Crippen molar-refractivity contribution in [1.82, 2.24) is 0 Å². The average molecular weight is 335 g/mol. The maximum absolute atomic E-state index is 12.0. The van der Waals surface area contributed by atoms with E-state index in [0.29, 0.717) is 10.7 Å². The number of halogens is 1. The summed E-state index contributed by atoms with van der Waals surface area (Å²) in [6, 6.07) is 14.4. The van der Waals surface area contributed by atoms with Gasteiger partial charge in [-0.05, 0) is 35.9 Å². The molecule has 2 aromatic carbocycles. The van der Waals surface area contributed by atoms with E-state index in [2.05, 4.69) is 5.32 Å². The lowest BCUT2D eigenvalue weighted by molar-refractivity contribution is -0.116. The molecule has 114 valence electrons. The number of anilines is 1. The molecule has 0 aliphatic heterocycles. The molecule has 0 bridgehead atoms. The molecule has 3 N–H and O–H groups in total. The molecule has 0 aromatic heterocycles. The molecule has 0 fully saturated rings. The van der Waals surface area contributed by atoms with Crippen LogP contribution in [0.3, 0.4) is 0 Å². The standard InChI is InChI=1S/C16H15ClN2O2S/c17-12-6-4-11(5-7-12)8-16(21)19-13-2-1-3-14(9-13)22-10-15(18)20/h1-7,9H,8,10H2,(H2,18,20)(H,19,21). The van der Waals surface area contributed by atoms with Gasteiger partial charge in [0.1, 0.15) is 0 Å². The number of carbonyl (C=O) groups excluding carboxylic acids is 2. The SMILES string of the molecule is NC(=O)CSc1cccc(NC(=O)Cc2ccc(Cl)cc2)c1. The minimum atomic E-state index is -0.373. The van der Waals surface area contributed by atoms with Gasteiger partial charge in [0.05, 0.1) is 12.2 Å². The Hall–Kier alpha value is -1.98. The second-order valence-electron chi connectivity index (χ2n) is 4.63. The van der Waals surface area contributed by atoms with Crippen molar-refractivity contribution in [3.8, 4) is 0 Å². The molecule has 0 heterocycles. The van der Waals surface area contributed by atoms with Gasteiger partial charge < -0.3 is 11.1 Å². The van der Waals surface area contributed by atoms with Crippen LogP contribution in [0.4, 0.5) is 5.69 Å². The third-order valence-electron chi connectivity index (χ3n) is 2.78. The highest BCUT2D eigenvalue weighted by Crippen LogP contribution is 2.21. The number of hydrogen-bond acceptors (Lipinski definition) is 3. The van der Waals surface area contributed by atoms with Crippen LogP contribution in [-0.2, 0) is 16.0 Å². The summed E-state index contributed by atoms with van der Waals surface area (Å²) in [6.45, 7) is 0. The number of hydrogen-bond donors (Lipinski definition) is 2. The van der Waals surface area contributed by atoms with Crippen LogP contribution in [0, 0.1) is 0 Å². The Bertz CT molecular complexity index is 674. The minimum absolute atomic E-state index is 0.112. The molecule has 2 rings (SSSR count). The van der Waals surface area contributed by atoms with E-state index in [0.717, 1.165) is 10.5 Å². The van der Waals surface area contributed by atoms with Crippen molar-refractivity contribution in [2.75, 3.05) is 11.1 Å². The summed E-state index contributed by atoms with van der Waals surface area (Å²) in [6.07, 6.45) is 0.274. The Morgan fingerprint density at radius 2 is 1.86 bits per heavy atom. The lowest BCUT2D eigenvalue weighted by Crippen LogP contribution is -2.14. The van der Waals surface area contributed by atoms with Gasteiger partial charge in [-0.3, -0.25) is 9.59 Å². The van der Waals surface area contributed by atoms with Crippen LogP contribution in [-0.4, -0.2) is 17.6 Å². The molecule has 0 aliphatic carbocycles. The second kappa shape index (κ2) is 7.87. The Morgan fingerprint density at radius 3 is 2.55 bits per heavy atom. The first-order chi connectivity index (χ1) is 10.5. The van der Waals surface area contributed by atoms with Crippen LogP contribution in [0.2, 0.25) is 5.02 Å². The summed E-state index contributed by atoms with van der Waals surface area (Å²) < 4.78 is 0. The van der Waals surface area contributed by atoms with Gasteiger partial charge in [0.15, 0.2) is 0 Å². The number of nitrogens with one attached hydrogen (secondary N) is 1. The van der Waals surface area contributed by atoms with Crippen LogP contribution in [0.1, 0.15) is 5.56 Å². The van der Waals surface area contributed by atoms with Gasteiger partial charge in [-0.1, -0.05) is 29.8 Å². The molecule has 0 aliphatic rings. The molecule has 4 nitrogen and oxygen atoms in total. The van der Waals surface area contributed by atoms with Gasteiger partial charge in [-0.2, -0.15) is 0 Å². The molecule has 6 heteroatoms. The number of benzene rings is 2. The lowest BCUT2D eigenvalue weighted by Gasteiger charge is -2.07. The zero-order valence-corrected chi connectivity index (χ0v) is 13.3. The van der Waals surface area contributed by atoms with Crippen LogP contribution in [0.25, 0.3) is 0 Å². The Kier molecular flexibility index (Phi) is 5.86. The quantitative estimate of drug-likeness (QED) is 0.797. The lowest BCUT2D eigenvalue weighted by atomic mass is 10.1. The minimum Gasteiger partial charge on any atom is -0.369 e. The number of nitrogens with two attached hydrogens (primary N) is 1. The first kappa shape index (κ1) is 16.4. The first-order valence-corrected chi connectivity index (χ1v) is 7.95. The fourth-order valence-corrected chi connectivity index (χ4v) is 2.63. The maximum atomic E-state index is 12.0. The fraction of sp³-hybridized carbons (Fsp3) is 0.125. The molecule has 2 aromatic rings. The van der Waals surface area contributed by atoms with Crippen molar-refractivity contribution in [2.45, 2.75) is 11.3 Å². The van der Waals surface area contributed by atoms with E-state index in [1.165, 1.54) is 11.8 Å². The van der Waals surface area contributed by atoms with Crippen LogP contribution in [0.15, 0.2) is 53.4 Å².